The van der Waals surface area contributed by atoms with Gasteiger partial charge in [-0.2, -0.15) is 0 Å². The maximum absolute atomic E-state index is 5.58. The lowest BCUT2D eigenvalue weighted by Gasteiger charge is -2.28. The molecular weight excluding hydrogens is 325 g/mol. The van der Waals surface area contributed by atoms with Crippen LogP contribution in [0.4, 0.5) is 0 Å². The average Bonchev–Trinajstić information content (AvgIpc) is 3.01. The minimum atomic E-state index is 0.632. The largest absolute Gasteiger partial charge is 0.454 e. The van der Waals surface area contributed by atoms with Crippen LogP contribution < -0.4 is 5.32 Å². The number of furan rings is 1. The van der Waals surface area contributed by atoms with Gasteiger partial charge in [0.05, 0.1) is 6.54 Å². The molecule has 0 radical (unpaired) electrons. The number of rotatable bonds is 4. The summed E-state index contributed by atoms with van der Waals surface area (Å²) in [5.74, 6) is 4.00. The van der Waals surface area contributed by atoms with Crippen LogP contribution in [0, 0.1) is 21.5 Å². The van der Waals surface area contributed by atoms with Gasteiger partial charge in [-0.25, -0.2) is 0 Å². The van der Waals surface area contributed by atoms with E-state index >= 15 is 0 Å². The molecule has 2 saturated carbocycles. The Bertz CT molecular complexity index is 389. The van der Waals surface area contributed by atoms with E-state index in [2.05, 4.69) is 40.9 Å². The van der Waals surface area contributed by atoms with E-state index < -0.39 is 0 Å². The molecule has 1 aromatic heterocycles. The zero-order chi connectivity index (χ0) is 11.8. The molecule has 0 aliphatic heterocycles. The fourth-order valence-electron chi connectivity index (χ4n) is 3.77. The first-order valence-corrected chi connectivity index (χ1v) is 7.78. The number of fused-ring (bicyclic) bond motifs is 2. The summed E-state index contributed by atoms with van der Waals surface area (Å²) in [6.45, 7) is 3.22. The second-order valence-electron chi connectivity index (χ2n) is 5.71. The van der Waals surface area contributed by atoms with Crippen molar-refractivity contribution in [3.8, 4) is 0 Å². The van der Waals surface area contributed by atoms with Crippen molar-refractivity contribution in [1.82, 2.24) is 5.32 Å². The highest BCUT2D eigenvalue weighted by Crippen LogP contribution is 2.49. The summed E-state index contributed by atoms with van der Waals surface area (Å²) in [6.07, 6.45) is 5.91. The molecule has 0 amide bonds. The Labute approximate surface area is 117 Å². The molecule has 94 valence electrons. The third-order valence-electron chi connectivity index (χ3n) is 4.66. The fraction of sp³-hybridized carbons (Fsp3) is 0.714. The van der Waals surface area contributed by atoms with E-state index in [9.17, 15) is 0 Å². The van der Waals surface area contributed by atoms with E-state index in [0.29, 0.717) is 6.04 Å². The number of halogens is 1. The minimum Gasteiger partial charge on any atom is -0.454 e. The SMILES string of the molecule is CC(NCc1ccc(I)o1)C1CC2CCC1C2. The van der Waals surface area contributed by atoms with Crippen LogP contribution in [0.1, 0.15) is 38.4 Å². The molecule has 2 bridgehead atoms. The molecule has 4 atom stereocenters. The summed E-state index contributed by atoms with van der Waals surface area (Å²) in [5, 5.41) is 3.64. The van der Waals surface area contributed by atoms with E-state index in [0.717, 1.165) is 33.8 Å². The van der Waals surface area contributed by atoms with Crippen molar-refractivity contribution in [2.45, 2.75) is 45.2 Å². The van der Waals surface area contributed by atoms with Crippen molar-refractivity contribution in [2.24, 2.45) is 17.8 Å². The second kappa shape index (κ2) is 4.92. The van der Waals surface area contributed by atoms with Gasteiger partial charge in [-0.15, -0.1) is 0 Å². The lowest BCUT2D eigenvalue weighted by molar-refractivity contribution is 0.255. The van der Waals surface area contributed by atoms with Crippen molar-refractivity contribution in [1.29, 1.82) is 0 Å². The normalized spacial score (nSPS) is 33.2. The monoisotopic (exact) mass is 345 g/mol. The summed E-state index contributed by atoms with van der Waals surface area (Å²) in [7, 11) is 0. The molecule has 17 heavy (non-hydrogen) atoms. The molecule has 0 spiro atoms. The van der Waals surface area contributed by atoms with Crippen LogP contribution in [-0.4, -0.2) is 6.04 Å². The zero-order valence-corrected chi connectivity index (χ0v) is 12.4. The molecular formula is C14H20INO. The van der Waals surface area contributed by atoms with Crippen molar-refractivity contribution in [2.75, 3.05) is 0 Å². The van der Waals surface area contributed by atoms with Gasteiger partial charge in [0.15, 0.2) is 3.77 Å². The van der Waals surface area contributed by atoms with Gasteiger partial charge in [0.2, 0.25) is 0 Å². The molecule has 2 aliphatic rings. The van der Waals surface area contributed by atoms with E-state index in [-0.39, 0.29) is 0 Å². The number of nitrogens with one attached hydrogen (secondary N) is 1. The predicted octanol–water partition coefficient (Wildman–Crippen LogP) is 3.80. The van der Waals surface area contributed by atoms with Crippen LogP contribution in [0.2, 0.25) is 0 Å². The number of hydrogen-bond acceptors (Lipinski definition) is 2. The smallest absolute Gasteiger partial charge is 0.164 e. The lowest BCUT2D eigenvalue weighted by Crippen LogP contribution is -2.35. The molecule has 0 aromatic carbocycles. The quantitative estimate of drug-likeness (QED) is 0.840. The highest BCUT2D eigenvalue weighted by Gasteiger charge is 2.41. The van der Waals surface area contributed by atoms with Crippen LogP contribution in [0.3, 0.4) is 0 Å². The van der Waals surface area contributed by atoms with Crippen LogP contribution in [-0.2, 0) is 6.54 Å². The Kier molecular flexibility index (Phi) is 3.48. The molecule has 2 aliphatic carbocycles. The van der Waals surface area contributed by atoms with Gasteiger partial charge < -0.3 is 9.73 Å². The molecule has 2 fully saturated rings. The summed E-state index contributed by atoms with van der Waals surface area (Å²) in [6, 6.07) is 4.73. The Balaban J connectivity index is 1.52. The molecule has 3 rings (SSSR count). The zero-order valence-electron chi connectivity index (χ0n) is 10.3. The molecule has 1 aromatic rings. The van der Waals surface area contributed by atoms with E-state index in [1.807, 2.05) is 6.07 Å². The summed E-state index contributed by atoms with van der Waals surface area (Å²) < 4.78 is 6.56. The van der Waals surface area contributed by atoms with Crippen molar-refractivity contribution in [3.63, 3.8) is 0 Å². The van der Waals surface area contributed by atoms with Gasteiger partial charge in [0, 0.05) is 6.04 Å². The Morgan fingerprint density at radius 2 is 2.29 bits per heavy atom. The maximum Gasteiger partial charge on any atom is 0.164 e. The van der Waals surface area contributed by atoms with Crippen molar-refractivity contribution >= 4 is 22.6 Å². The fourth-order valence-corrected chi connectivity index (χ4v) is 4.23. The van der Waals surface area contributed by atoms with Gasteiger partial charge in [0.1, 0.15) is 5.76 Å². The standard InChI is InChI=1S/C14H20INO/c1-9(13-7-10-2-3-11(13)6-10)16-8-12-4-5-14(15)17-12/h4-5,9-11,13,16H,2-3,6-8H2,1H3. The number of hydrogen-bond donors (Lipinski definition) is 1. The van der Waals surface area contributed by atoms with E-state index in [1.54, 1.807) is 0 Å². The first-order valence-electron chi connectivity index (χ1n) is 6.70. The van der Waals surface area contributed by atoms with E-state index in [4.69, 9.17) is 4.42 Å². The summed E-state index contributed by atoms with van der Waals surface area (Å²) >= 11 is 2.22. The molecule has 1 heterocycles. The molecule has 2 nitrogen and oxygen atoms in total. The van der Waals surface area contributed by atoms with Crippen LogP contribution in [0.5, 0.6) is 0 Å². The summed E-state index contributed by atoms with van der Waals surface area (Å²) in [5.41, 5.74) is 0. The average molecular weight is 345 g/mol. The summed E-state index contributed by atoms with van der Waals surface area (Å²) in [4.78, 5) is 0. The van der Waals surface area contributed by atoms with Crippen LogP contribution in [0.25, 0.3) is 0 Å². The predicted molar refractivity (Wildman–Crippen MR) is 76.7 cm³/mol. The second-order valence-corrected chi connectivity index (χ2v) is 6.78. The molecule has 4 unspecified atom stereocenters. The van der Waals surface area contributed by atoms with Crippen LogP contribution in [0.15, 0.2) is 16.5 Å². The third-order valence-corrected chi connectivity index (χ3v) is 5.24. The maximum atomic E-state index is 5.58. The van der Waals surface area contributed by atoms with Crippen LogP contribution >= 0.6 is 22.6 Å². The Hall–Kier alpha value is -0.0300. The topological polar surface area (TPSA) is 25.2 Å². The van der Waals surface area contributed by atoms with Crippen molar-refractivity contribution in [3.05, 3.63) is 21.7 Å². The first kappa shape index (κ1) is 12.0. The highest BCUT2D eigenvalue weighted by molar-refractivity contribution is 14.1. The minimum absolute atomic E-state index is 0.632. The van der Waals surface area contributed by atoms with Gasteiger partial charge in [-0.05, 0) is 78.7 Å². The van der Waals surface area contributed by atoms with E-state index in [1.165, 1.54) is 25.7 Å². The van der Waals surface area contributed by atoms with Gasteiger partial charge >= 0.3 is 0 Å². The molecule has 1 N–H and O–H groups in total. The van der Waals surface area contributed by atoms with Gasteiger partial charge in [-0.1, -0.05) is 6.42 Å². The Morgan fingerprint density at radius 3 is 2.88 bits per heavy atom. The lowest BCUT2D eigenvalue weighted by atomic mass is 9.84. The van der Waals surface area contributed by atoms with Gasteiger partial charge in [0.25, 0.3) is 0 Å². The first-order chi connectivity index (χ1) is 8.22. The Morgan fingerprint density at radius 1 is 1.41 bits per heavy atom. The molecule has 0 saturated heterocycles. The van der Waals surface area contributed by atoms with Crippen molar-refractivity contribution < 1.29 is 4.42 Å². The molecule has 3 heteroatoms. The third kappa shape index (κ3) is 2.55. The van der Waals surface area contributed by atoms with Gasteiger partial charge in [-0.3, -0.25) is 0 Å². The highest BCUT2D eigenvalue weighted by atomic mass is 127.